The van der Waals surface area contributed by atoms with Crippen LogP contribution in [0.4, 0.5) is 27.8 Å². The van der Waals surface area contributed by atoms with Gasteiger partial charge in [0, 0.05) is 17.5 Å². The molecule has 0 aliphatic carbocycles. The summed E-state index contributed by atoms with van der Waals surface area (Å²) in [6.07, 6.45) is 0.494. The average molecular weight is 499 g/mol. The maximum atomic E-state index is 14.0. The summed E-state index contributed by atoms with van der Waals surface area (Å²) in [7, 11) is 0. The van der Waals surface area contributed by atoms with Crippen LogP contribution in [0.1, 0.15) is 22.4 Å². The van der Waals surface area contributed by atoms with Gasteiger partial charge in [-0.25, -0.2) is 31.9 Å². The van der Waals surface area contributed by atoms with Crippen LogP contribution in [0.2, 0.25) is 0 Å². The number of carbonyl (C=O) groups is 1. The molecule has 1 aromatic heterocycles. The first-order valence-electron chi connectivity index (χ1n) is 10.7. The van der Waals surface area contributed by atoms with E-state index in [4.69, 9.17) is 0 Å². The monoisotopic (exact) mass is 499 g/mol. The summed E-state index contributed by atoms with van der Waals surface area (Å²) >= 11 is 0. The summed E-state index contributed by atoms with van der Waals surface area (Å²) in [5.74, 6) is -11.8. The van der Waals surface area contributed by atoms with Gasteiger partial charge in [-0.1, -0.05) is 54.6 Å². The summed E-state index contributed by atoms with van der Waals surface area (Å²) in [4.78, 5) is 21.4. The molecule has 184 valence electrons. The number of aliphatic hydroxyl groups is 1. The lowest BCUT2D eigenvalue weighted by Crippen LogP contribution is -2.20. The van der Waals surface area contributed by atoms with Gasteiger partial charge in [0.15, 0.2) is 29.1 Å². The van der Waals surface area contributed by atoms with Crippen LogP contribution in [-0.4, -0.2) is 21.0 Å². The highest BCUT2D eigenvalue weighted by molar-refractivity contribution is 5.92. The van der Waals surface area contributed by atoms with Crippen LogP contribution in [0.5, 0.6) is 0 Å². The molecule has 0 aliphatic rings. The Morgan fingerprint density at radius 1 is 0.806 bits per heavy atom. The third-order valence-electron chi connectivity index (χ3n) is 5.39. The van der Waals surface area contributed by atoms with E-state index in [2.05, 4.69) is 15.3 Å². The molecular weight excluding hydrogens is 481 g/mol. The molecule has 0 aliphatic heterocycles. The van der Waals surface area contributed by atoms with E-state index in [0.717, 1.165) is 5.56 Å². The van der Waals surface area contributed by atoms with Gasteiger partial charge in [0.05, 0.1) is 30.6 Å². The lowest BCUT2D eigenvalue weighted by Gasteiger charge is -2.13. The van der Waals surface area contributed by atoms with Gasteiger partial charge < -0.3 is 10.4 Å². The fourth-order valence-electron chi connectivity index (χ4n) is 3.51. The van der Waals surface area contributed by atoms with Crippen molar-refractivity contribution < 1.29 is 31.9 Å². The fourth-order valence-corrected chi connectivity index (χ4v) is 3.51. The standard InChI is InChI=1S/C26H18F5N3O2/c27-21-17(22(28)24(30)25(31)23(21)29)11-20(36)34-26-18(10-14-4-2-1-3-5-14)33-19(12-32-26)16-8-6-15(13-35)7-9-16/h1-9,12,35H,10-11,13H2,(H,32,34,36). The van der Waals surface area contributed by atoms with Gasteiger partial charge in [-0.2, -0.15) is 0 Å². The molecule has 0 saturated carbocycles. The molecule has 36 heavy (non-hydrogen) atoms. The highest BCUT2D eigenvalue weighted by Gasteiger charge is 2.27. The number of anilines is 1. The van der Waals surface area contributed by atoms with Crippen LogP contribution >= 0.6 is 0 Å². The minimum Gasteiger partial charge on any atom is -0.392 e. The van der Waals surface area contributed by atoms with E-state index in [9.17, 15) is 31.9 Å². The minimum atomic E-state index is -2.30. The molecule has 0 saturated heterocycles. The Morgan fingerprint density at radius 2 is 1.42 bits per heavy atom. The van der Waals surface area contributed by atoms with Gasteiger partial charge in [-0.05, 0) is 11.1 Å². The second kappa shape index (κ2) is 10.6. The zero-order valence-corrected chi connectivity index (χ0v) is 18.5. The van der Waals surface area contributed by atoms with Crippen molar-refractivity contribution in [2.75, 3.05) is 5.32 Å². The van der Waals surface area contributed by atoms with Crippen molar-refractivity contribution in [1.29, 1.82) is 0 Å². The molecule has 0 atom stereocenters. The van der Waals surface area contributed by atoms with Crippen molar-refractivity contribution in [2.24, 2.45) is 0 Å². The van der Waals surface area contributed by atoms with Crippen LogP contribution in [0.3, 0.4) is 0 Å². The number of nitrogens with one attached hydrogen (secondary N) is 1. The lowest BCUT2D eigenvalue weighted by atomic mass is 10.1. The van der Waals surface area contributed by atoms with Crippen LogP contribution < -0.4 is 5.32 Å². The Labute approximate surface area is 202 Å². The predicted octanol–water partition coefficient (Wildman–Crippen LogP) is 5.10. The van der Waals surface area contributed by atoms with Crippen LogP contribution in [0, 0.1) is 29.1 Å². The zero-order chi connectivity index (χ0) is 25.8. The number of nitrogens with zero attached hydrogens (tertiary/aromatic N) is 2. The number of amides is 1. The third-order valence-corrected chi connectivity index (χ3v) is 5.39. The third kappa shape index (κ3) is 5.23. The number of hydrogen-bond acceptors (Lipinski definition) is 4. The first kappa shape index (κ1) is 24.9. The van der Waals surface area contributed by atoms with Crippen molar-refractivity contribution in [3.8, 4) is 11.3 Å². The lowest BCUT2D eigenvalue weighted by molar-refractivity contribution is -0.115. The predicted molar refractivity (Wildman–Crippen MR) is 121 cm³/mol. The summed E-state index contributed by atoms with van der Waals surface area (Å²) in [6.45, 7) is -0.126. The molecule has 5 nitrogen and oxygen atoms in total. The number of benzene rings is 3. The van der Waals surface area contributed by atoms with E-state index in [1.54, 1.807) is 24.3 Å². The average Bonchev–Trinajstić information content (AvgIpc) is 2.90. The quantitative estimate of drug-likeness (QED) is 0.211. The zero-order valence-electron chi connectivity index (χ0n) is 18.5. The molecule has 2 N–H and O–H groups in total. The van der Waals surface area contributed by atoms with Gasteiger partial charge in [0.1, 0.15) is 0 Å². The number of carbonyl (C=O) groups excluding carboxylic acids is 1. The van der Waals surface area contributed by atoms with Gasteiger partial charge in [0.25, 0.3) is 0 Å². The van der Waals surface area contributed by atoms with E-state index in [0.29, 0.717) is 22.5 Å². The van der Waals surface area contributed by atoms with E-state index in [1.807, 2.05) is 30.3 Å². The summed E-state index contributed by atoms with van der Waals surface area (Å²) in [5.41, 5.74) is 1.75. The van der Waals surface area contributed by atoms with Crippen LogP contribution in [0.25, 0.3) is 11.3 Å². The van der Waals surface area contributed by atoms with Crippen LogP contribution in [-0.2, 0) is 24.2 Å². The SMILES string of the molecule is O=C(Cc1c(F)c(F)c(F)c(F)c1F)Nc1ncc(-c2ccc(CO)cc2)nc1Cc1ccccc1. The number of halogens is 5. The smallest absolute Gasteiger partial charge is 0.230 e. The van der Waals surface area contributed by atoms with Crippen molar-refractivity contribution in [3.05, 3.63) is 112 Å². The topological polar surface area (TPSA) is 75.1 Å². The Morgan fingerprint density at radius 3 is 2.03 bits per heavy atom. The summed E-state index contributed by atoms with van der Waals surface area (Å²) in [5, 5.41) is 11.6. The molecule has 1 amide bonds. The van der Waals surface area contributed by atoms with Crippen molar-refractivity contribution in [2.45, 2.75) is 19.4 Å². The van der Waals surface area contributed by atoms with Crippen molar-refractivity contribution in [1.82, 2.24) is 9.97 Å². The van der Waals surface area contributed by atoms with E-state index >= 15 is 0 Å². The fraction of sp³-hybridized carbons (Fsp3) is 0.115. The van der Waals surface area contributed by atoms with Gasteiger partial charge in [-0.3, -0.25) is 4.79 Å². The molecule has 4 aromatic rings. The second-order valence-electron chi connectivity index (χ2n) is 7.84. The normalized spacial score (nSPS) is 10.9. The van der Waals surface area contributed by atoms with Crippen LogP contribution in [0.15, 0.2) is 60.8 Å². The Bertz CT molecular complexity index is 1380. The van der Waals surface area contributed by atoms with Crippen molar-refractivity contribution >= 4 is 11.7 Å². The second-order valence-corrected chi connectivity index (χ2v) is 7.84. The maximum Gasteiger partial charge on any atom is 0.230 e. The molecular formula is C26H18F5N3O2. The molecule has 4 rings (SSSR count). The molecule has 10 heteroatoms. The molecule has 0 spiro atoms. The number of aliphatic hydroxyl groups excluding tert-OH is 1. The number of rotatable bonds is 7. The highest BCUT2D eigenvalue weighted by atomic mass is 19.2. The van der Waals surface area contributed by atoms with Gasteiger partial charge in [0.2, 0.25) is 11.7 Å². The molecule has 0 radical (unpaired) electrons. The molecule has 0 fully saturated rings. The van der Waals surface area contributed by atoms with Gasteiger partial charge in [-0.15, -0.1) is 0 Å². The summed E-state index contributed by atoms with van der Waals surface area (Å²) in [6, 6.07) is 16.0. The van der Waals surface area contributed by atoms with E-state index < -0.39 is 47.0 Å². The van der Waals surface area contributed by atoms with E-state index in [-0.39, 0.29) is 18.8 Å². The number of hydrogen-bond donors (Lipinski definition) is 2. The molecule has 0 unspecified atom stereocenters. The van der Waals surface area contributed by atoms with Gasteiger partial charge >= 0.3 is 0 Å². The maximum absolute atomic E-state index is 14.0. The van der Waals surface area contributed by atoms with E-state index in [1.165, 1.54) is 6.20 Å². The molecule has 3 aromatic carbocycles. The van der Waals surface area contributed by atoms with Crippen molar-refractivity contribution in [3.63, 3.8) is 0 Å². The molecule has 1 heterocycles. The summed E-state index contributed by atoms with van der Waals surface area (Å²) < 4.78 is 68.4. The Balaban J connectivity index is 1.65. The number of aromatic nitrogens is 2. The first-order valence-corrected chi connectivity index (χ1v) is 10.7. The Kier molecular flexibility index (Phi) is 7.35. The Hall–Kier alpha value is -4.18. The molecule has 0 bridgehead atoms. The highest BCUT2D eigenvalue weighted by Crippen LogP contribution is 2.25. The first-order chi connectivity index (χ1) is 17.3. The largest absolute Gasteiger partial charge is 0.392 e. The minimum absolute atomic E-state index is 0.0246.